The van der Waals surface area contributed by atoms with E-state index in [4.69, 9.17) is 4.74 Å². The molecule has 2 aromatic heterocycles. The summed E-state index contributed by atoms with van der Waals surface area (Å²) in [5.74, 6) is 0.169. The zero-order valence-electron chi connectivity index (χ0n) is 19.1. The van der Waals surface area contributed by atoms with Crippen molar-refractivity contribution >= 4 is 12.0 Å². The first-order valence-electron chi connectivity index (χ1n) is 10.9. The molecule has 0 bridgehead atoms. The number of aromatic nitrogens is 3. The number of rotatable bonds is 3. The largest absolute Gasteiger partial charge is 0.421 e. The predicted molar refractivity (Wildman–Crippen MR) is 119 cm³/mol. The molecule has 3 aromatic rings. The minimum atomic E-state index is -4.84. The number of nitrogens with zero attached hydrogens (tertiary/aromatic N) is 4. The van der Waals surface area contributed by atoms with Gasteiger partial charge in [-0.15, -0.1) is 0 Å². The van der Waals surface area contributed by atoms with Gasteiger partial charge in [0.05, 0.1) is 5.56 Å². The highest BCUT2D eigenvalue weighted by molar-refractivity contribution is 5.73. The molecular weight excluding hydrogens is 508 g/mol. The van der Waals surface area contributed by atoms with Crippen molar-refractivity contribution in [3.05, 3.63) is 70.4 Å². The van der Waals surface area contributed by atoms with Gasteiger partial charge in [0.1, 0.15) is 11.3 Å². The van der Waals surface area contributed by atoms with Crippen molar-refractivity contribution in [3.63, 3.8) is 0 Å². The molecule has 3 heterocycles. The van der Waals surface area contributed by atoms with Crippen LogP contribution in [0.3, 0.4) is 0 Å². The van der Waals surface area contributed by atoms with Crippen LogP contribution in [0.4, 0.5) is 37.1 Å². The van der Waals surface area contributed by atoms with Crippen molar-refractivity contribution in [2.75, 3.05) is 24.5 Å². The van der Waals surface area contributed by atoms with E-state index in [1.165, 1.54) is 29.2 Å². The smallest absolute Gasteiger partial charge is 0.410 e. The zero-order valence-corrected chi connectivity index (χ0v) is 19.1. The van der Waals surface area contributed by atoms with E-state index in [2.05, 4.69) is 15.0 Å². The van der Waals surface area contributed by atoms with E-state index in [1.54, 1.807) is 11.8 Å². The van der Waals surface area contributed by atoms with Crippen LogP contribution >= 0.6 is 0 Å². The van der Waals surface area contributed by atoms with Crippen molar-refractivity contribution in [1.29, 1.82) is 0 Å². The number of carbonyl (C=O) groups excluding carboxylic acids is 1. The highest BCUT2D eigenvalue weighted by Gasteiger charge is 2.35. The molecule has 1 N–H and O–H groups in total. The summed E-state index contributed by atoms with van der Waals surface area (Å²) in [7, 11) is 0. The Morgan fingerprint density at radius 3 is 2.35 bits per heavy atom. The Morgan fingerprint density at radius 1 is 1.03 bits per heavy atom. The molecule has 0 spiro atoms. The highest BCUT2D eigenvalue weighted by atomic mass is 19.4. The molecule has 1 amide bonds. The number of carbonyl (C=O) groups is 1. The van der Waals surface area contributed by atoms with Crippen molar-refractivity contribution in [2.45, 2.75) is 25.3 Å². The molecule has 1 atom stereocenters. The Kier molecular flexibility index (Phi) is 6.84. The Balaban J connectivity index is 1.43. The number of benzene rings is 1. The summed E-state index contributed by atoms with van der Waals surface area (Å²) >= 11 is 0. The van der Waals surface area contributed by atoms with E-state index in [0.717, 1.165) is 6.20 Å². The van der Waals surface area contributed by atoms with Crippen molar-refractivity contribution < 1.29 is 35.9 Å². The van der Waals surface area contributed by atoms with Crippen molar-refractivity contribution in [3.8, 4) is 16.9 Å². The molecule has 14 heteroatoms. The number of anilines is 1. The van der Waals surface area contributed by atoms with Crippen LogP contribution in [0.5, 0.6) is 5.75 Å². The average molecular weight is 527 g/mol. The van der Waals surface area contributed by atoms with E-state index in [9.17, 15) is 35.9 Å². The number of hydrogen-bond donors (Lipinski definition) is 1. The van der Waals surface area contributed by atoms with Gasteiger partial charge in [-0.25, -0.2) is 14.8 Å². The van der Waals surface area contributed by atoms with Crippen molar-refractivity contribution in [2.24, 2.45) is 0 Å². The lowest BCUT2D eigenvalue weighted by Crippen LogP contribution is -2.55. The van der Waals surface area contributed by atoms with Gasteiger partial charge in [-0.3, -0.25) is 4.79 Å². The van der Waals surface area contributed by atoms with E-state index >= 15 is 0 Å². The Labute approximate surface area is 205 Å². The molecule has 196 valence electrons. The number of H-pyrrole nitrogens is 1. The number of alkyl halides is 6. The van der Waals surface area contributed by atoms with Crippen LogP contribution in [0.25, 0.3) is 11.1 Å². The third kappa shape index (κ3) is 5.84. The normalized spacial score (nSPS) is 16.6. The minimum absolute atomic E-state index is 0.0722. The van der Waals surface area contributed by atoms with E-state index in [0.29, 0.717) is 18.5 Å². The summed E-state index contributed by atoms with van der Waals surface area (Å²) in [6.45, 7) is 2.35. The van der Waals surface area contributed by atoms with Gasteiger partial charge in [-0.05, 0) is 36.2 Å². The number of halogens is 6. The second kappa shape index (κ2) is 9.75. The lowest BCUT2D eigenvalue weighted by atomic mass is 10.1. The second-order valence-corrected chi connectivity index (χ2v) is 8.28. The Hall–Kier alpha value is -4.10. The third-order valence-corrected chi connectivity index (χ3v) is 5.69. The van der Waals surface area contributed by atoms with Crippen LogP contribution < -0.4 is 15.2 Å². The fourth-order valence-corrected chi connectivity index (χ4v) is 3.80. The van der Waals surface area contributed by atoms with Gasteiger partial charge < -0.3 is 19.5 Å². The summed E-state index contributed by atoms with van der Waals surface area (Å²) in [5, 5.41) is 0. The van der Waals surface area contributed by atoms with Crippen LogP contribution in [0.15, 0.2) is 53.7 Å². The number of ether oxygens (including phenoxy) is 1. The Bertz CT molecular complexity index is 1340. The first kappa shape index (κ1) is 26.0. The summed E-state index contributed by atoms with van der Waals surface area (Å²) in [4.78, 5) is 37.0. The fraction of sp³-hybridized carbons (Fsp3) is 0.304. The number of amides is 1. The minimum Gasteiger partial charge on any atom is -0.410 e. The lowest BCUT2D eigenvalue weighted by Gasteiger charge is -2.39. The molecule has 1 unspecified atom stereocenters. The van der Waals surface area contributed by atoms with Gasteiger partial charge in [0.15, 0.2) is 0 Å². The van der Waals surface area contributed by atoms with Gasteiger partial charge in [0.25, 0.3) is 5.56 Å². The summed E-state index contributed by atoms with van der Waals surface area (Å²) in [6.07, 6.45) is -7.58. The number of piperazine rings is 1. The molecule has 1 fully saturated rings. The first-order valence-corrected chi connectivity index (χ1v) is 10.9. The quantitative estimate of drug-likeness (QED) is 0.502. The molecule has 4 rings (SSSR count). The molecule has 1 aromatic carbocycles. The molecule has 1 aliphatic rings. The molecule has 37 heavy (non-hydrogen) atoms. The number of hydrogen-bond acceptors (Lipinski definition) is 6. The van der Waals surface area contributed by atoms with Crippen LogP contribution in [-0.4, -0.2) is 51.6 Å². The van der Waals surface area contributed by atoms with Gasteiger partial charge in [0.2, 0.25) is 5.95 Å². The first-order chi connectivity index (χ1) is 17.3. The number of aromatic amines is 1. The topological polar surface area (TPSA) is 91.4 Å². The van der Waals surface area contributed by atoms with Crippen LogP contribution in [0, 0.1) is 0 Å². The summed E-state index contributed by atoms with van der Waals surface area (Å²) in [6, 6.07) is 6.10. The molecule has 1 aliphatic heterocycles. The van der Waals surface area contributed by atoms with Crippen LogP contribution in [0.2, 0.25) is 0 Å². The van der Waals surface area contributed by atoms with Gasteiger partial charge in [-0.2, -0.15) is 26.3 Å². The monoisotopic (exact) mass is 527 g/mol. The maximum absolute atomic E-state index is 13.1. The SMILES string of the molecule is CC1CN(c2ncc(C(F)(F)F)cn2)CCN1C(=O)Oc1cccc(-c2c[nH]c(=O)c(C(F)(F)F)c2)c1. The molecule has 0 radical (unpaired) electrons. The summed E-state index contributed by atoms with van der Waals surface area (Å²) in [5.41, 5.74) is -3.23. The molecule has 1 saturated heterocycles. The van der Waals surface area contributed by atoms with Gasteiger partial charge in [0, 0.05) is 44.3 Å². The lowest BCUT2D eigenvalue weighted by molar-refractivity contribution is -0.139. The van der Waals surface area contributed by atoms with Crippen LogP contribution in [0.1, 0.15) is 18.1 Å². The average Bonchev–Trinajstić information content (AvgIpc) is 2.83. The highest BCUT2D eigenvalue weighted by Crippen LogP contribution is 2.31. The van der Waals surface area contributed by atoms with E-state index in [1.807, 2.05) is 0 Å². The number of nitrogens with one attached hydrogen (secondary N) is 1. The fourth-order valence-electron chi connectivity index (χ4n) is 3.80. The standard InChI is InChI=1S/C23H19F6N5O3/c1-13-12-33(20-31-10-16(11-32-20)22(24,25)26)5-6-34(13)21(36)37-17-4-2-3-14(7-17)15-8-18(23(27,28)29)19(35)30-9-15/h2-4,7-11,13H,5-6,12H2,1H3,(H,30,35). The van der Waals surface area contributed by atoms with Gasteiger partial charge >= 0.3 is 18.4 Å². The Morgan fingerprint density at radius 2 is 1.73 bits per heavy atom. The zero-order chi connectivity index (χ0) is 27.0. The molecular formula is C23H19F6N5O3. The number of pyridine rings is 1. The maximum atomic E-state index is 13.1. The second-order valence-electron chi connectivity index (χ2n) is 8.28. The van der Waals surface area contributed by atoms with Crippen LogP contribution in [-0.2, 0) is 12.4 Å². The third-order valence-electron chi connectivity index (χ3n) is 5.69. The van der Waals surface area contributed by atoms with E-state index in [-0.39, 0.29) is 42.5 Å². The predicted octanol–water partition coefficient (Wildman–Crippen LogP) is 4.58. The summed E-state index contributed by atoms with van der Waals surface area (Å²) < 4.78 is 82.9. The van der Waals surface area contributed by atoms with E-state index < -0.39 is 41.2 Å². The molecule has 8 nitrogen and oxygen atoms in total. The van der Waals surface area contributed by atoms with Crippen molar-refractivity contribution in [1.82, 2.24) is 19.9 Å². The molecule has 0 aliphatic carbocycles. The molecule has 0 saturated carbocycles. The van der Waals surface area contributed by atoms with Gasteiger partial charge in [-0.1, -0.05) is 12.1 Å². The maximum Gasteiger partial charge on any atom is 0.421 e.